The molecule has 0 unspecified atom stereocenters. The lowest BCUT2D eigenvalue weighted by atomic mass is 9.99. The lowest BCUT2D eigenvalue weighted by molar-refractivity contribution is -0.142. The van der Waals surface area contributed by atoms with E-state index in [1.165, 1.54) is 0 Å². The molecule has 4 amide bonds. The Morgan fingerprint density at radius 2 is 1.73 bits per heavy atom. The monoisotopic (exact) mass is 657 g/mol. The maximum atomic E-state index is 14.0. The van der Waals surface area contributed by atoms with Gasteiger partial charge in [0.2, 0.25) is 0 Å². The SMILES string of the molecule is CCc1cc(C[C@@H](OC(=O)N2CCC(N3Cc4sccc4NC3=O)CC2)C(=O)N2CCC(N3CCNCC3)CC2)cc(Cl)c1N. The number of hydrogen-bond donors (Lipinski definition) is 3. The summed E-state index contributed by atoms with van der Waals surface area (Å²) in [7, 11) is 0. The number of fused-ring (bicyclic) bond motifs is 1. The van der Waals surface area contributed by atoms with Crippen LogP contribution in [0.3, 0.4) is 0 Å². The third-order valence-corrected chi connectivity index (χ3v) is 11.0. The van der Waals surface area contributed by atoms with E-state index in [2.05, 4.69) is 15.5 Å². The molecular formula is C32H44ClN7O4S. The number of hydrogen-bond acceptors (Lipinski definition) is 8. The fourth-order valence-corrected chi connectivity index (χ4v) is 8.17. The molecule has 0 bridgehead atoms. The highest BCUT2D eigenvalue weighted by Crippen LogP contribution is 2.32. The van der Waals surface area contributed by atoms with E-state index >= 15 is 0 Å². The van der Waals surface area contributed by atoms with Gasteiger partial charge in [0.15, 0.2) is 6.10 Å². The summed E-state index contributed by atoms with van der Waals surface area (Å²) in [5.74, 6) is -0.167. The van der Waals surface area contributed by atoms with Crippen molar-refractivity contribution in [2.45, 2.75) is 70.2 Å². The highest BCUT2D eigenvalue weighted by molar-refractivity contribution is 7.10. The van der Waals surface area contributed by atoms with Crippen LogP contribution in [0.15, 0.2) is 23.6 Å². The first-order chi connectivity index (χ1) is 21.8. The predicted molar refractivity (Wildman–Crippen MR) is 177 cm³/mol. The van der Waals surface area contributed by atoms with Gasteiger partial charge in [0, 0.05) is 75.7 Å². The number of nitrogens with zero attached hydrogens (tertiary/aromatic N) is 4. The molecule has 1 aromatic carbocycles. The summed E-state index contributed by atoms with van der Waals surface area (Å²) >= 11 is 8.10. The van der Waals surface area contributed by atoms with Gasteiger partial charge in [-0.2, -0.15) is 0 Å². The Kier molecular flexibility index (Phi) is 10.0. The molecule has 4 aliphatic heterocycles. The molecular weight excluding hydrogens is 614 g/mol. The number of thiophene rings is 1. The van der Waals surface area contributed by atoms with E-state index in [4.69, 9.17) is 22.1 Å². The van der Waals surface area contributed by atoms with Crippen molar-refractivity contribution in [3.63, 3.8) is 0 Å². The fraction of sp³-hybridized carbons (Fsp3) is 0.594. The molecule has 0 spiro atoms. The summed E-state index contributed by atoms with van der Waals surface area (Å²) in [6, 6.07) is 6.07. The average Bonchev–Trinajstić information content (AvgIpc) is 3.53. The fourth-order valence-electron chi connectivity index (χ4n) is 7.08. The Balaban J connectivity index is 1.10. The average molecular weight is 658 g/mol. The maximum Gasteiger partial charge on any atom is 0.410 e. The molecule has 0 saturated carbocycles. The molecule has 4 N–H and O–H groups in total. The molecule has 45 heavy (non-hydrogen) atoms. The number of nitrogen functional groups attached to an aromatic ring is 1. The minimum absolute atomic E-state index is 0.0306. The van der Waals surface area contributed by atoms with Crippen LogP contribution in [0, 0.1) is 0 Å². The first-order valence-electron chi connectivity index (χ1n) is 16.2. The number of amides is 4. The van der Waals surface area contributed by atoms with Crippen LogP contribution in [0.1, 0.15) is 48.6 Å². The first kappa shape index (κ1) is 31.9. The van der Waals surface area contributed by atoms with E-state index in [0.717, 1.165) is 60.7 Å². The van der Waals surface area contributed by atoms with Crippen molar-refractivity contribution in [2.75, 3.05) is 63.4 Å². The van der Waals surface area contributed by atoms with Gasteiger partial charge in [0.25, 0.3) is 5.91 Å². The molecule has 3 saturated heterocycles. The van der Waals surface area contributed by atoms with Gasteiger partial charge in [0.05, 0.1) is 22.9 Å². The second-order valence-corrected chi connectivity index (χ2v) is 13.9. The predicted octanol–water partition coefficient (Wildman–Crippen LogP) is 4.00. The number of likely N-dealkylation sites (tertiary alicyclic amines) is 2. The second kappa shape index (κ2) is 14.1. The number of carbonyl (C=O) groups is 3. The first-order valence-corrected chi connectivity index (χ1v) is 17.5. The zero-order valence-corrected chi connectivity index (χ0v) is 27.5. The van der Waals surface area contributed by atoms with E-state index in [0.29, 0.717) is 68.7 Å². The molecule has 0 aliphatic carbocycles. The van der Waals surface area contributed by atoms with E-state index in [9.17, 15) is 14.4 Å². The zero-order valence-electron chi connectivity index (χ0n) is 25.9. The van der Waals surface area contributed by atoms with Gasteiger partial charge in [-0.25, -0.2) is 9.59 Å². The third kappa shape index (κ3) is 7.19. The standard InChI is InChI=1S/C32H44ClN7O4S/c1-2-22-17-21(18-25(33)29(22)34)19-27(30(41)38-10-3-23(4-11-38)37-14-8-35-9-15-37)44-32(43)39-12-5-24(6-13-39)40-20-28-26(7-16-45-28)36-31(40)42/h7,16-18,23-24,27,35H,2-6,8-15,19-20,34H2,1H3,(H,36,42)/t27-/m1/s1. The van der Waals surface area contributed by atoms with Crippen molar-refractivity contribution in [1.82, 2.24) is 24.9 Å². The zero-order chi connectivity index (χ0) is 31.5. The summed E-state index contributed by atoms with van der Waals surface area (Å²) in [6.45, 7) is 8.84. The van der Waals surface area contributed by atoms with Crippen LogP contribution in [0.25, 0.3) is 0 Å². The number of aryl methyl sites for hydroxylation is 1. The van der Waals surface area contributed by atoms with Gasteiger partial charge in [-0.1, -0.05) is 24.6 Å². The number of halogens is 1. The Labute approximate surface area is 274 Å². The van der Waals surface area contributed by atoms with E-state index in [-0.39, 0.29) is 24.4 Å². The summed E-state index contributed by atoms with van der Waals surface area (Å²) < 4.78 is 6.05. The number of rotatable bonds is 7. The lowest BCUT2D eigenvalue weighted by Crippen LogP contribution is -2.54. The molecule has 5 heterocycles. The van der Waals surface area contributed by atoms with E-state index < -0.39 is 12.2 Å². The lowest BCUT2D eigenvalue weighted by Gasteiger charge is -2.41. The number of benzene rings is 1. The van der Waals surface area contributed by atoms with E-state index in [1.54, 1.807) is 22.3 Å². The minimum atomic E-state index is -0.972. The Hall–Kier alpha value is -3.06. The van der Waals surface area contributed by atoms with Gasteiger partial charge < -0.3 is 35.8 Å². The van der Waals surface area contributed by atoms with Gasteiger partial charge >= 0.3 is 12.1 Å². The van der Waals surface area contributed by atoms with Crippen molar-refractivity contribution in [3.05, 3.63) is 44.6 Å². The topological polar surface area (TPSA) is 123 Å². The molecule has 13 heteroatoms. The largest absolute Gasteiger partial charge is 0.436 e. The van der Waals surface area contributed by atoms with Crippen molar-refractivity contribution in [1.29, 1.82) is 0 Å². The normalized spacial score (nSPS) is 20.9. The number of nitrogens with one attached hydrogen (secondary N) is 2. The van der Waals surface area contributed by atoms with E-state index in [1.807, 2.05) is 34.2 Å². The highest BCUT2D eigenvalue weighted by Gasteiger charge is 2.37. The van der Waals surface area contributed by atoms with Gasteiger partial charge in [-0.15, -0.1) is 11.3 Å². The van der Waals surface area contributed by atoms with Crippen molar-refractivity contribution < 1.29 is 19.1 Å². The number of urea groups is 1. The quantitative estimate of drug-likeness (QED) is 0.385. The highest BCUT2D eigenvalue weighted by atomic mass is 35.5. The number of ether oxygens (including phenoxy) is 1. The van der Waals surface area contributed by atoms with Crippen LogP contribution in [-0.4, -0.2) is 108 Å². The molecule has 2 aromatic rings. The van der Waals surface area contributed by atoms with Crippen LogP contribution in [0.2, 0.25) is 5.02 Å². The Morgan fingerprint density at radius 1 is 1.04 bits per heavy atom. The molecule has 3 fully saturated rings. The summed E-state index contributed by atoms with van der Waals surface area (Å²) in [5.41, 5.74) is 9.33. The number of anilines is 2. The van der Waals surface area contributed by atoms with Gasteiger partial charge in [0.1, 0.15) is 0 Å². The Morgan fingerprint density at radius 3 is 2.44 bits per heavy atom. The van der Waals surface area contributed by atoms with Crippen LogP contribution >= 0.6 is 22.9 Å². The molecule has 6 rings (SSSR count). The van der Waals surface area contributed by atoms with Gasteiger partial charge in [-0.05, 0) is 60.7 Å². The number of piperidine rings is 2. The van der Waals surface area contributed by atoms with Crippen molar-refractivity contribution >= 4 is 52.3 Å². The molecule has 1 atom stereocenters. The van der Waals surface area contributed by atoms with Crippen LogP contribution in [-0.2, 0) is 28.9 Å². The maximum absolute atomic E-state index is 14.0. The minimum Gasteiger partial charge on any atom is -0.436 e. The summed E-state index contributed by atoms with van der Waals surface area (Å²) in [5, 5.41) is 8.81. The molecule has 0 radical (unpaired) electrons. The van der Waals surface area contributed by atoms with Crippen LogP contribution in [0.5, 0.6) is 0 Å². The molecule has 4 aliphatic rings. The van der Waals surface area contributed by atoms with Crippen molar-refractivity contribution in [3.8, 4) is 0 Å². The van der Waals surface area contributed by atoms with Crippen LogP contribution < -0.4 is 16.4 Å². The third-order valence-electron chi connectivity index (χ3n) is 9.76. The molecule has 244 valence electrons. The molecule has 11 nitrogen and oxygen atoms in total. The number of piperazine rings is 1. The summed E-state index contributed by atoms with van der Waals surface area (Å²) in [4.78, 5) is 49.4. The van der Waals surface area contributed by atoms with Crippen LogP contribution in [0.4, 0.5) is 21.0 Å². The van der Waals surface area contributed by atoms with Gasteiger partial charge in [-0.3, -0.25) is 9.69 Å². The molecule has 1 aromatic heterocycles. The second-order valence-electron chi connectivity index (χ2n) is 12.5. The summed E-state index contributed by atoms with van der Waals surface area (Å²) in [6.07, 6.45) is 2.57. The van der Waals surface area contributed by atoms with Crippen molar-refractivity contribution in [2.24, 2.45) is 0 Å². The number of nitrogens with two attached hydrogens (primary N) is 1. The Bertz CT molecular complexity index is 1380. The number of carbonyl (C=O) groups excluding carboxylic acids is 3. The smallest absolute Gasteiger partial charge is 0.410 e.